The van der Waals surface area contributed by atoms with Gasteiger partial charge in [-0.1, -0.05) is 75.3 Å². The molecule has 0 atom stereocenters. The Kier molecular flexibility index (Phi) is 15.7. The van der Waals surface area contributed by atoms with E-state index in [-0.39, 0.29) is 0 Å². The van der Waals surface area contributed by atoms with Crippen LogP contribution in [-0.4, -0.2) is 28.8 Å². The third kappa shape index (κ3) is 10.8. The molecule has 1 aliphatic rings. The fraction of sp³-hybridized carbons (Fsp3) is 0.783. The number of rotatable bonds is 3. The van der Waals surface area contributed by atoms with Gasteiger partial charge in [0.1, 0.15) is 5.82 Å². The second-order valence-corrected chi connectivity index (χ2v) is 7.40. The van der Waals surface area contributed by atoms with Crippen molar-refractivity contribution in [3.8, 4) is 0 Å². The minimum absolute atomic E-state index is 0.450. The van der Waals surface area contributed by atoms with Crippen LogP contribution in [0.25, 0.3) is 0 Å². The van der Waals surface area contributed by atoms with Crippen molar-refractivity contribution in [2.24, 2.45) is 5.92 Å². The van der Waals surface area contributed by atoms with Crippen LogP contribution in [0.4, 0.5) is 5.82 Å². The molecule has 0 unspecified atom stereocenters. The first kappa shape index (κ1) is 27.1. The van der Waals surface area contributed by atoms with Gasteiger partial charge in [-0.05, 0) is 42.7 Å². The summed E-state index contributed by atoms with van der Waals surface area (Å²) in [5.74, 6) is 2.40. The summed E-state index contributed by atoms with van der Waals surface area (Å²) in [5.41, 5.74) is 0.829. The van der Waals surface area contributed by atoms with E-state index in [1.165, 1.54) is 5.56 Å². The molecule has 154 valence electrons. The SMILES string of the molecule is CC.CC.CC(C)C.CCC1(O)CCN(c2ccc(C(C)C)cn2)CC1. The molecule has 1 fully saturated rings. The van der Waals surface area contributed by atoms with Crippen molar-refractivity contribution < 1.29 is 5.11 Å². The molecule has 0 bridgehead atoms. The van der Waals surface area contributed by atoms with Crippen LogP contribution in [0.15, 0.2) is 18.3 Å². The number of hydrogen-bond donors (Lipinski definition) is 1. The fourth-order valence-corrected chi connectivity index (χ4v) is 2.43. The third-order valence-electron chi connectivity index (χ3n) is 4.11. The molecule has 0 amide bonds. The first-order valence-corrected chi connectivity index (χ1v) is 10.7. The molecule has 1 aromatic heterocycles. The number of piperidine rings is 1. The predicted molar refractivity (Wildman–Crippen MR) is 118 cm³/mol. The summed E-state index contributed by atoms with van der Waals surface area (Å²) >= 11 is 0. The lowest BCUT2D eigenvalue weighted by Crippen LogP contribution is -2.44. The summed E-state index contributed by atoms with van der Waals surface area (Å²) < 4.78 is 0. The maximum Gasteiger partial charge on any atom is 0.128 e. The lowest BCUT2D eigenvalue weighted by atomic mass is 9.89. The van der Waals surface area contributed by atoms with E-state index in [1.807, 2.05) is 33.9 Å². The number of aliphatic hydroxyl groups is 1. The second-order valence-electron chi connectivity index (χ2n) is 7.40. The minimum atomic E-state index is -0.450. The number of anilines is 1. The van der Waals surface area contributed by atoms with Crippen molar-refractivity contribution in [1.29, 1.82) is 0 Å². The van der Waals surface area contributed by atoms with Crippen molar-refractivity contribution in [2.45, 2.75) is 100 Å². The van der Waals surface area contributed by atoms with Gasteiger partial charge in [0.05, 0.1) is 5.60 Å². The van der Waals surface area contributed by atoms with Crippen molar-refractivity contribution >= 4 is 5.82 Å². The summed E-state index contributed by atoms with van der Waals surface area (Å²) in [6.07, 6.45) is 4.51. The molecular weight excluding hydrogens is 320 g/mol. The maximum atomic E-state index is 10.2. The highest BCUT2D eigenvalue weighted by Crippen LogP contribution is 2.28. The molecule has 2 rings (SSSR count). The molecule has 0 aliphatic carbocycles. The van der Waals surface area contributed by atoms with Crippen molar-refractivity contribution in [1.82, 2.24) is 4.98 Å². The Hall–Kier alpha value is -1.09. The van der Waals surface area contributed by atoms with E-state index < -0.39 is 5.60 Å². The van der Waals surface area contributed by atoms with Gasteiger partial charge < -0.3 is 10.0 Å². The monoisotopic (exact) mass is 366 g/mol. The lowest BCUT2D eigenvalue weighted by Gasteiger charge is -2.38. The smallest absolute Gasteiger partial charge is 0.128 e. The van der Waals surface area contributed by atoms with Crippen LogP contribution in [-0.2, 0) is 0 Å². The topological polar surface area (TPSA) is 36.4 Å². The van der Waals surface area contributed by atoms with Crippen molar-refractivity contribution in [3.05, 3.63) is 23.9 Å². The zero-order chi connectivity index (χ0) is 20.8. The molecule has 1 aromatic rings. The summed E-state index contributed by atoms with van der Waals surface area (Å²) in [6, 6.07) is 4.26. The molecule has 26 heavy (non-hydrogen) atoms. The predicted octanol–water partition coefficient (Wildman–Crippen LogP) is 6.66. The van der Waals surface area contributed by atoms with Crippen molar-refractivity contribution in [3.63, 3.8) is 0 Å². The van der Waals surface area contributed by atoms with E-state index >= 15 is 0 Å². The number of aromatic nitrogens is 1. The standard InChI is InChI=1S/C15H24N2O.C4H10.2C2H6/c1-4-15(18)7-9-17(10-8-15)14-6-5-13(11-16-14)12(2)3;1-4(2)3;2*1-2/h5-6,11-12,18H,4,7-10H2,1-3H3;4H,1-3H3;2*1-2H3. The van der Waals surface area contributed by atoms with Crippen molar-refractivity contribution in [2.75, 3.05) is 18.0 Å². The van der Waals surface area contributed by atoms with Crippen LogP contribution >= 0.6 is 0 Å². The molecule has 0 radical (unpaired) electrons. The zero-order valence-corrected chi connectivity index (χ0v) is 19.3. The van der Waals surface area contributed by atoms with Gasteiger partial charge in [0.15, 0.2) is 0 Å². The first-order chi connectivity index (χ1) is 12.3. The van der Waals surface area contributed by atoms with Gasteiger partial charge in [-0.25, -0.2) is 4.98 Å². The van der Waals surface area contributed by atoms with Gasteiger partial charge in [-0.3, -0.25) is 0 Å². The van der Waals surface area contributed by atoms with E-state index in [0.717, 1.165) is 44.1 Å². The number of hydrogen-bond acceptors (Lipinski definition) is 3. The van der Waals surface area contributed by atoms with E-state index in [9.17, 15) is 5.11 Å². The van der Waals surface area contributed by atoms with Crippen LogP contribution in [0, 0.1) is 5.92 Å². The Labute approximate surface area is 164 Å². The molecule has 3 heteroatoms. The van der Waals surface area contributed by atoms with Crippen LogP contribution in [0.2, 0.25) is 0 Å². The highest BCUT2D eigenvalue weighted by atomic mass is 16.3. The van der Waals surface area contributed by atoms with E-state index in [1.54, 1.807) is 0 Å². The lowest BCUT2D eigenvalue weighted by molar-refractivity contribution is 0.0125. The summed E-state index contributed by atoms with van der Waals surface area (Å²) in [6.45, 7) is 22.7. The van der Waals surface area contributed by atoms with Gasteiger partial charge in [0.2, 0.25) is 0 Å². The molecule has 2 heterocycles. The molecule has 0 aromatic carbocycles. The van der Waals surface area contributed by atoms with E-state index in [4.69, 9.17) is 0 Å². The Bertz CT molecular complexity index is 416. The Morgan fingerprint density at radius 3 is 1.77 bits per heavy atom. The van der Waals surface area contributed by atoms with Gasteiger partial charge in [0.25, 0.3) is 0 Å². The average Bonchev–Trinajstić information content (AvgIpc) is 2.65. The highest BCUT2D eigenvalue weighted by molar-refractivity contribution is 5.40. The fourth-order valence-electron chi connectivity index (χ4n) is 2.43. The number of pyridine rings is 1. The quantitative estimate of drug-likeness (QED) is 0.649. The third-order valence-corrected chi connectivity index (χ3v) is 4.11. The average molecular weight is 367 g/mol. The van der Waals surface area contributed by atoms with Gasteiger partial charge in [-0.15, -0.1) is 0 Å². The molecule has 0 spiro atoms. The molecule has 1 aliphatic heterocycles. The normalized spacial score (nSPS) is 15.2. The van der Waals surface area contributed by atoms with E-state index in [2.05, 4.69) is 63.6 Å². The first-order valence-electron chi connectivity index (χ1n) is 10.7. The Morgan fingerprint density at radius 2 is 1.46 bits per heavy atom. The molecule has 1 saturated heterocycles. The van der Waals surface area contributed by atoms with Crippen LogP contribution in [0.3, 0.4) is 0 Å². The summed E-state index contributed by atoms with van der Waals surface area (Å²) in [5, 5.41) is 10.2. The largest absolute Gasteiger partial charge is 0.390 e. The molecular formula is C23H46N2O. The molecule has 0 saturated carbocycles. The zero-order valence-electron chi connectivity index (χ0n) is 19.3. The summed E-state index contributed by atoms with van der Waals surface area (Å²) in [7, 11) is 0. The van der Waals surface area contributed by atoms with Gasteiger partial charge in [-0.2, -0.15) is 0 Å². The van der Waals surface area contributed by atoms with Crippen LogP contribution in [0.1, 0.15) is 100.0 Å². The molecule has 1 N–H and O–H groups in total. The van der Waals surface area contributed by atoms with Gasteiger partial charge >= 0.3 is 0 Å². The maximum absolute atomic E-state index is 10.2. The van der Waals surface area contributed by atoms with Crippen LogP contribution in [0.5, 0.6) is 0 Å². The Morgan fingerprint density at radius 1 is 1.00 bits per heavy atom. The van der Waals surface area contributed by atoms with Gasteiger partial charge in [0, 0.05) is 19.3 Å². The Balaban J connectivity index is 0. The minimum Gasteiger partial charge on any atom is -0.390 e. The summed E-state index contributed by atoms with van der Waals surface area (Å²) in [4.78, 5) is 6.81. The highest BCUT2D eigenvalue weighted by Gasteiger charge is 2.30. The second kappa shape index (κ2) is 15.0. The van der Waals surface area contributed by atoms with E-state index in [0.29, 0.717) is 5.92 Å². The van der Waals surface area contributed by atoms with Crippen LogP contribution < -0.4 is 4.90 Å². The molecule has 3 nitrogen and oxygen atoms in total. The number of nitrogens with zero attached hydrogens (tertiary/aromatic N) is 2.